The highest BCUT2D eigenvalue weighted by Crippen LogP contribution is 2.48. The fraction of sp³-hybridized carbons (Fsp3) is 1.00. The van der Waals surface area contributed by atoms with E-state index < -0.39 is 14.4 Å². The standard InChI is InChI=1S/C3H2Cl3NO3/c4-3(5,6)2(1-10-2)7(8)9/h1H2. The van der Waals surface area contributed by atoms with Gasteiger partial charge in [-0.1, -0.05) is 34.8 Å². The van der Waals surface area contributed by atoms with Crippen molar-refractivity contribution in [2.24, 2.45) is 0 Å². The van der Waals surface area contributed by atoms with Crippen LogP contribution in [0.25, 0.3) is 0 Å². The summed E-state index contributed by atoms with van der Waals surface area (Å²) in [6.45, 7) is -0.142. The molecule has 0 saturated carbocycles. The third-order valence-electron chi connectivity index (χ3n) is 1.16. The Morgan fingerprint density at radius 1 is 1.60 bits per heavy atom. The lowest BCUT2D eigenvalue weighted by molar-refractivity contribution is -0.561. The minimum atomic E-state index is -1.98. The summed E-state index contributed by atoms with van der Waals surface area (Å²) < 4.78 is 2.45. The van der Waals surface area contributed by atoms with Gasteiger partial charge in [0.05, 0.1) is 4.92 Å². The van der Waals surface area contributed by atoms with Crippen LogP contribution in [-0.2, 0) is 4.74 Å². The Labute approximate surface area is 71.1 Å². The minimum absolute atomic E-state index is 0.142. The normalized spacial score (nSPS) is 31.9. The molecule has 1 aliphatic rings. The quantitative estimate of drug-likeness (QED) is 0.282. The van der Waals surface area contributed by atoms with E-state index in [0.29, 0.717) is 0 Å². The first kappa shape index (κ1) is 8.33. The maximum atomic E-state index is 10.2. The predicted octanol–water partition coefficient (Wildman–Crippen LogP) is 1.36. The largest absolute Gasteiger partial charge is 0.395 e. The van der Waals surface area contributed by atoms with Crippen LogP contribution in [0, 0.1) is 10.1 Å². The molecule has 0 N–H and O–H groups in total. The zero-order valence-corrected chi connectivity index (χ0v) is 6.78. The second kappa shape index (κ2) is 2.11. The first-order chi connectivity index (χ1) is 4.40. The molecule has 7 heteroatoms. The Hall–Kier alpha value is 0.230. The predicted molar refractivity (Wildman–Crippen MR) is 36.0 cm³/mol. The van der Waals surface area contributed by atoms with Crippen LogP contribution >= 0.6 is 34.8 Å². The summed E-state index contributed by atoms with van der Waals surface area (Å²) in [4.78, 5) is 9.42. The van der Waals surface area contributed by atoms with E-state index in [1.165, 1.54) is 0 Å². The second-order valence-electron chi connectivity index (χ2n) is 1.83. The van der Waals surface area contributed by atoms with Gasteiger partial charge in [0.2, 0.25) is 0 Å². The molecule has 1 aliphatic heterocycles. The molecule has 1 atom stereocenters. The summed E-state index contributed by atoms with van der Waals surface area (Å²) in [5.74, 6) is 0. The number of nitro groups is 1. The number of rotatable bonds is 1. The van der Waals surface area contributed by atoms with Crippen LogP contribution in [0.15, 0.2) is 0 Å². The van der Waals surface area contributed by atoms with Gasteiger partial charge in [0, 0.05) is 0 Å². The Morgan fingerprint density at radius 2 is 2.00 bits per heavy atom. The SMILES string of the molecule is O=[N+]([O-])C1(C(Cl)(Cl)Cl)CO1. The second-order valence-corrected chi connectivity index (χ2v) is 4.11. The van der Waals surface area contributed by atoms with Crippen molar-refractivity contribution in [2.75, 3.05) is 6.61 Å². The zero-order chi connectivity index (χ0) is 7.99. The number of hydrogen-bond donors (Lipinski definition) is 0. The molecule has 0 aliphatic carbocycles. The van der Waals surface area contributed by atoms with Crippen molar-refractivity contribution in [3.8, 4) is 0 Å². The number of hydrogen-bond acceptors (Lipinski definition) is 3. The third-order valence-corrected chi connectivity index (χ3v) is 2.04. The lowest BCUT2D eigenvalue weighted by atomic mass is 10.4. The third kappa shape index (κ3) is 1.05. The van der Waals surface area contributed by atoms with Crippen LogP contribution in [0.1, 0.15) is 0 Å². The molecule has 58 valence electrons. The van der Waals surface area contributed by atoms with Crippen LogP contribution in [0.4, 0.5) is 0 Å². The molecule has 0 spiro atoms. The molecule has 1 unspecified atom stereocenters. The Morgan fingerprint density at radius 3 is 2.00 bits per heavy atom. The van der Waals surface area contributed by atoms with Crippen molar-refractivity contribution in [1.29, 1.82) is 0 Å². The molecule has 1 fully saturated rings. The van der Waals surface area contributed by atoms with Crippen LogP contribution in [0.3, 0.4) is 0 Å². The highest BCUT2D eigenvalue weighted by atomic mass is 35.6. The van der Waals surface area contributed by atoms with E-state index in [0.717, 1.165) is 0 Å². The first-order valence-corrected chi connectivity index (χ1v) is 3.39. The maximum absolute atomic E-state index is 10.2. The van der Waals surface area contributed by atoms with Crippen molar-refractivity contribution in [2.45, 2.75) is 9.52 Å². The van der Waals surface area contributed by atoms with E-state index in [9.17, 15) is 10.1 Å². The van der Waals surface area contributed by atoms with E-state index in [-0.39, 0.29) is 6.61 Å². The molecule has 4 nitrogen and oxygen atoms in total. The van der Waals surface area contributed by atoms with Crippen molar-refractivity contribution >= 4 is 34.8 Å². The number of epoxide rings is 1. The van der Waals surface area contributed by atoms with E-state index >= 15 is 0 Å². The maximum Gasteiger partial charge on any atom is 0.395 e. The number of halogens is 3. The molecule has 0 bridgehead atoms. The summed E-state index contributed by atoms with van der Waals surface area (Å²) in [7, 11) is 0. The smallest absolute Gasteiger partial charge is 0.299 e. The van der Waals surface area contributed by atoms with Crippen LogP contribution in [0.2, 0.25) is 0 Å². The molecule has 1 heterocycles. The minimum Gasteiger partial charge on any atom is -0.299 e. The molecule has 1 rings (SSSR count). The van der Waals surface area contributed by atoms with Gasteiger partial charge in [-0.25, -0.2) is 0 Å². The van der Waals surface area contributed by atoms with Gasteiger partial charge in [0.1, 0.15) is 0 Å². The molecule has 0 aromatic rings. The summed E-state index contributed by atoms with van der Waals surface area (Å²) in [5.41, 5.74) is -1.79. The Bertz CT molecular complexity index is 172. The summed E-state index contributed by atoms with van der Waals surface area (Å²) in [5, 5.41) is 10.2. The van der Waals surface area contributed by atoms with E-state index in [2.05, 4.69) is 4.74 Å². The average Bonchev–Trinajstić information content (AvgIpc) is 2.36. The number of nitrogens with zero attached hydrogens (tertiary/aromatic N) is 1. The highest BCUT2D eigenvalue weighted by molar-refractivity contribution is 6.68. The molecule has 0 aromatic heterocycles. The van der Waals surface area contributed by atoms with Crippen LogP contribution in [0.5, 0.6) is 0 Å². The summed E-state index contributed by atoms with van der Waals surface area (Å²) >= 11 is 15.7. The molecular weight excluding hydrogens is 204 g/mol. The van der Waals surface area contributed by atoms with Gasteiger partial charge >= 0.3 is 5.72 Å². The summed E-state index contributed by atoms with van der Waals surface area (Å²) in [6.07, 6.45) is 0. The van der Waals surface area contributed by atoms with Crippen molar-refractivity contribution in [1.82, 2.24) is 0 Å². The molecular formula is C3H2Cl3NO3. The van der Waals surface area contributed by atoms with Gasteiger partial charge in [-0.2, -0.15) is 0 Å². The first-order valence-electron chi connectivity index (χ1n) is 2.25. The van der Waals surface area contributed by atoms with E-state index in [1.54, 1.807) is 0 Å². The highest BCUT2D eigenvalue weighted by Gasteiger charge is 2.72. The topological polar surface area (TPSA) is 55.7 Å². The lowest BCUT2D eigenvalue weighted by Gasteiger charge is -2.10. The van der Waals surface area contributed by atoms with Gasteiger partial charge < -0.3 is 0 Å². The average molecular weight is 206 g/mol. The van der Waals surface area contributed by atoms with Crippen molar-refractivity contribution < 1.29 is 9.66 Å². The van der Waals surface area contributed by atoms with Gasteiger partial charge in [-0.3, -0.25) is 14.9 Å². The molecule has 0 aromatic carbocycles. The lowest BCUT2D eigenvalue weighted by Crippen LogP contribution is -2.37. The molecule has 0 radical (unpaired) electrons. The fourth-order valence-electron chi connectivity index (χ4n) is 0.441. The molecule has 0 amide bonds. The van der Waals surface area contributed by atoms with E-state index in [4.69, 9.17) is 34.8 Å². The van der Waals surface area contributed by atoms with Crippen LogP contribution < -0.4 is 0 Å². The van der Waals surface area contributed by atoms with Gasteiger partial charge in [-0.15, -0.1) is 0 Å². The zero-order valence-electron chi connectivity index (χ0n) is 4.51. The van der Waals surface area contributed by atoms with Crippen molar-refractivity contribution in [3.63, 3.8) is 0 Å². The molecule has 10 heavy (non-hydrogen) atoms. The molecule has 1 saturated heterocycles. The van der Waals surface area contributed by atoms with Gasteiger partial charge in [0.15, 0.2) is 6.61 Å². The summed E-state index contributed by atoms with van der Waals surface area (Å²) in [6, 6.07) is 0. The van der Waals surface area contributed by atoms with E-state index in [1.807, 2.05) is 0 Å². The van der Waals surface area contributed by atoms with Crippen molar-refractivity contribution in [3.05, 3.63) is 10.1 Å². The van der Waals surface area contributed by atoms with Gasteiger partial charge in [0.25, 0.3) is 3.79 Å². The fourth-order valence-corrected chi connectivity index (χ4v) is 0.975. The van der Waals surface area contributed by atoms with Gasteiger partial charge in [-0.05, 0) is 0 Å². The number of ether oxygens (including phenoxy) is 1. The Kier molecular flexibility index (Phi) is 1.75. The monoisotopic (exact) mass is 205 g/mol. The Balaban J connectivity index is 2.80. The number of alkyl halides is 3. The van der Waals surface area contributed by atoms with Crippen LogP contribution in [-0.4, -0.2) is 21.0 Å².